The quantitative estimate of drug-likeness (QED) is 0.767. The molecule has 0 aromatic heterocycles. The predicted octanol–water partition coefficient (Wildman–Crippen LogP) is 4.10. The lowest BCUT2D eigenvalue weighted by Gasteiger charge is -2.16. The van der Waals surface area contributed by atoms with Crippen molar-refractivity contribution < 1.29 is 14.2 Å². The molecule has 2 aromatic carbocycles. The van der Waals surface area contributed by atoms with Crippen LogP contribution in [0.4, 0.5) is 0 Å². The molecule has 0 aliphatic heterocycles. The highest BCUT2D eigenvalue weighted by Gasteiger charge is 2.05. The molecule has 112 valence electrons. The molecule has 3 nitrogen and oxygen atoms in total. The molecule has 0 N–H and O–H groups in total. The Kier molecular flexibility index (Phi) is 5.50. The van der Waals surface area contributed by atoms with Gasteiger partial charge >= 0.3 is 0 Å². The number of ether oxygens (including phenoxy) is 3. The molecule has 0 saturated carbocycles. The second kappa shape index (κ2) is 7.58. The number of benzene rings is 2. The van der Waals surface area contributed by atoms with Crippen LogP contribution in [0.25, 0.3) is 0 Å². The molecule has 0 spiro atoms. The van der Waals surface area contributed by atoms with Crippen molar-refractivity contribution in [2.45, 2.75) is 26.4 Å². The van der Waals surface area contributed by atoms with Gasteiger partial charge in [0.15, 0.2) is 0 Å². The summed E-state index contributed by atoms with van der Waals surface area (Å²) < 4.78 is 16.6. The van der Waals surface area contributed by atoms with E-state index in [0.29, 0.717) is 6.61 Å². The minimum Gasteiger partial charge on any atom is -0.497 e. The summed E-state index contributed by atoms with van der Waals surface area (Å²) >= 11 is 0. The Bertz CT molecular complexity index is 531. The lowest BCUT2D eigenvalue weighted by molar-refractivity contribution is 0.143. The van der Waals surface area contributed by atoms with E-state index in [4.69, 9.17) is 14.2 Å². The van der Waals surface area contributed by atoms with Gasteiger partial charge in [0.25, 0.3) is 0 Å². The number of rotatable bonds is 7. The van der Waals surface area contributed by atoms with Gasteiger partial charge in [0.05, 0.1) is 7.11 Å². The average molecular weight is 286 g/mol. The van der Waals surface area contributed by atoms with Crippen molar-refractivity contribution in [3.05, 3.63) is 54.1 Å². The summed E-state index contributed by atoms with van der Waals surface area (Å²) in [6.45, 7) is 4.64. The van der Waals surface area contributed by atoms with Crippen molar-refractivity contribution in [1.29, 1.82) is 0 Å². The second-order valence-electron chi connectivity index (χ2n) is 4.91. The fraction of sp³-hybridized carbons (Fsp3) is 0.333. The number of methoxy groups -OCH3 is 1. The molecule has 1 atom stereocenters. The maximum Gasteiger partial charge on any atom is 0.130 e. The largest absolute Gasteiger partial charge is 0.497 e. The molecule has 2 aromatic rings. The van der Waals surface area contributed by atoms with E-state index in [-0.39, 0.29) is 6.10 Å². The van der Waals surface area contributed by atoms with E-state index in [9.17, 15) is 0 Å². The zero-order chi connectivity index (χ0) is 15.1. The first-order chi connectivity index (χ1) is 10.2. The van der Waals surface area contributed by atoms with Gasteiger partial charge in [0.1, 0.15) is 30.0 Å². The van der Waals surface area contributed by atoms with Crippen molar-refractivity contribution in [1.82, 2.24) is 0 Å². The van der Waals surface area contributed by atoms with E-state index < -0.39 is 0 Å². The van der Waals surface area contributed by atoms with E-state index in [0.717, 1.165) is 23.7 Å². The smallest absolute Gasteiger partial charge is 0.130 e. The molecular formula is C18H22O3. The van der Waals surface area contributed by atoms with Gasteiger partial charge in [-0.05, 0) is 55.3 Å². The number of hydrogen-bond donors (Lipinski definition) is 0. The Labute approximate surface area is 126 Å². The van der Waals surface area contributed by atoms with E-state index in [1.807, 2.05) is 43.3 Å². The normalized spacial score (nSPS) is 11.8. The van der Waals surface area contributed by atoms with Gasteiger partial charge in [0.2, 0.25) is 0 Å². The lowest BCUT2D eigenvalue weighted by atomic mass is 10.2. The van der Waals surface area contributed by atoms with Crippen molar-refractivity contribution in [2.24, 2.45) is 0 Å². The summed E-state index contributed by atoms with van der Waals surface area (Å²) in [6, 6.07) is 15.7. The van der Waals surface area contributed by atoms with Gasteiger partial charge in [-0.15, -0.1) is 0 Å². The Morgan fingerprint density at radius 2 is 1.43 bits per heavy atom. The fourth-order valence-electron chi connectivity index (χ4n) is 1.96. The summed E-state index contributed by atoms with van der Waals surface area (Å²) in [5, 5.41) is 0. The van der Waals surface area contributed by atoms with Crippen molar-refractivity contribution in [3.63, 3.8) is 0 Å². The lowest BCUT2D eigenvalue weighted by Crippen LogP contribution is -2.21. The first kappa shape index (κ1) is 15.2. The molecule has 0 saturated heterocycles. The van der Waals surface area contributed by atoms with Crippen molar-refractivity contribution in [2.75, 3.05) is 13.7 Å². The van der Waals surface area contributed by atoms with Gasteiger partial charge in [-0.1, -0.05) is 19.1 Å². The van der Waals surface area contributed by atoms with Crippen LogP contribution in [-0.2, 0) is 6.42 Å². The molecule has 0 bridgehead atoms. The molecule has 0 heterocycles. The number of aryl methyl sites for hydroxylation is 1. The molecule has 0 aliphatic carbocycles. The van der Waals surface area contributed by atoms with Crippen LogP contribution in [0.15, 0.2) is 48.5 Å². The molecule has 21 heavy (non-hydrogen) atoms. The van der Waals surface area contributed by atoms with Crippen LogP contribution < -0.4 is 14.2 Å². The van der Waals surface area contributed by atoms with Gasteiger partial charge in [-0.2, -0.15) is 0 Å². The Morgan fingerprint density at radius 3 is 2.00 bits per heavy atom. The predicted molar refractivity (Wildman–Crippen MR) is 84.4 cm³/mol. The molecular weight excluding hydrogens is 264 g/mol. The summed E-state index contributed by atoms with van der Waals surface area (Å²) in [5.41, 5.74) is 1.31. The minimum atomic E-state index is -0.0143. The monoisotopic (exact) mass is 286 g/mol. The van der Waals surface area contributed by atoms with E-state index in [1.54, 1.807) is 7.11 Å². The maximum atomic E-state index is 5.83. The highest BCUT2D eigenvalue weighted by molar-refractivity contribution is 5.31. The summed E-state index contributed by atoms with van der Waals surface area (Å²) in [4.78, 5) is 0. The van der Waals surface area contributed by atoms with Gasteiger partial charge < -0.3 is 14.2 Å². The van der Waals surface area contributed by atoms with E-state index in [2.05, 4.69) is 19.1 Å². The third kappa shape index (κ3) is 4.71. The fourth-order valence-corrected chi connectivity index (χ4v) is 1.96. The Morgan fingerprint density at radius 1 is 0.857 bits per heavy atom. The van der Waals surface area contributed by atoms with Crippen molar-refractivity contribution in [3.8, 4) is 17.2 Å². The van der Waals surface area contributed by atoms with Crippen LogP contribution in [0.5, 0.6) is 17.2 Å². The molecule has 0 fully saturated rings. The van der Waals surface area contributed by atoms with Gasteiger partial charge in [-0.3, -0.25) is 0 Å². The van der Waals surface area contributed by atoms with Crippen LogP contribution in [0, 0.1) is 0 Å². The standard InChI is InChI=1S/C18H22O3/c1-4-15-5-7-18(8-6-15)21-14(2)13-20-17-11-9-16(19-3)10-12-17/h5-12,14H,4,13H2,1-3H3. The Balaban J connectivity index is 1.81. The van der Waals surface area contributed by atoms with E-state index >= 15 is 0 Å². The summed E-state index contributed by atoms with van der Waals surface area (Å²) in [7, 11) is 1.65. The molecule has 1 unspecified atom stereocenters. The summed E-state index contributed by atoms with van der Waals surface area (Å²) in [5.74, 6) is 2.51. The highest BCUT2D eigenvalue weighted by Crippen LogP contribution is 2.18. The topological polar surface area (TPSA) is 27.7 Å². The third-order valence-electron chi connectivity index (χ3n) is 3.21. The zero-order valence-corrected chi connectivity index (χ0v) is 12.8. The Hall–Kier alpha value is -2.16. The minimum absolute atomic E-state index is 0.0143. The zero-order valence-electron chi connectivity index (χ0n) is 12.8. The molecule has 0 radical (unpaired) electrons. The molecule has 2 rings (SSSR count). The average Bonchev–Trinajstić information content (AvgIpc) is 2.54. The molecule has 0 aliphatic rings. The maximum absolute atomic E-state index is 5.83. The molecule has 3 heteroatoms. The number of hydrogen-bond acceptors (Lipinski definition) is 3. The van der Waals surface area contributed by atoms with Gasteiger partial charge in [-0.25, -0.2) is 0 Å². The SMILES string of the molecule is CCc1ccc(OC(C)COc2ccc(OC)cc2)cc1. The second-order valence-corrected chi connectivity index (χ2v) is 4.91. The van der Waals surface area contributed by atoms with Crippen LogP contribution in [0.3, 0.4) is 0 Å². The molecule has 0 amide bonds. The third-order valence-corrected chi connectivity index (χ3v) is 3.21. The first-order valence-corrected chi connectivity index (χ1v) is 7.23. The van der Waals surface area contributed by atoms with Gasteiger partial charge in [0, 0.05) is 0 Å². The van der Waals surface area contributed by atoms with Crippen LogP contribution in [-0.4, -0.2) is 19.8 Å². The summed E-state index contributed by atoms with van der Waals surface area (Å²) in [6.07, 6.45) is 1.02. The van der Waals surface area contributed by atoms with Crippen LogP contribution in [0.2, 0.25) is 0 Å². The van der Waals surface area contributed by atoms with Crippen LogP contribution in [0.1, 0.15) is 19.4 Å². The van der Waals surface area contributed by atoms with Crippen LogP contribution >= 0.6 is 0 Å². The van der Waals surface area contributed by atoms with E-state index in [1.165, 1.54) is 5.56 Å². The first-order valence-electron chi connectivity index (χ1n) is 7.23. The van der Waals surface area contributed by atoms with Crippen molar-refractivity contribution >= 4 is 0 Å². The highest BCUT2D eigenvalue weighted by atomic mass is 16.5.